The fourth-order valence-corrected chi connectivity index (χ4v) is 3.88. The minimum Gasteiger partial charge on any atom is -0.492 e. The number of fused-ring (bicyclic) bond motifs is 1. The zero-order valence-electron chi connectivity index (χ0n) is 14.1. The van der Waals surface area contributed by atoms with E-state index in [0.717, 1.165) is 16.9 Å². The van der Waals surface area contributed by atoms with Gasteiger partial charge in [-0.3, -0.25) is 4.79 Å². The van der Waals surface area contributed by atoms with Crippen molar-refractivity contribution in [1.29, 1.82) is 0 Å². The first-order chi connectivity index (χ1) is 11.8. The van der Waals surface area contributed by atoms with Crippen LogP contribution in [0, 0.1) is 13.8 Å². The van der Waals surface area contributed by atoms with E-state index in [4.69, 9.17) is 4.74 Å². The van der Waals surface area contributed by atoms with Gasteiger partial charge in [0.2, 0.25) is 15.9 Å². The molecule has 0 saturated carbocycles. The van der Waals surface area contributed by atoms with E-state index in [1.807, 2.05) is 32.0 Å². The standard InChI is InChI=1S/C18H20N2O4S/c1-12-7-13(2)9-15(8-12)24-6-5-19-25(22,23)16-3-4-17-14(10-16)11-18(21)20-17/h3-4,7-10,19H,5-6,11H2,1-2H3,(H,20,21). The molecule has 6 nitrogen and oxygen atoms in total. The molecule has 25 heavy (non-hydrogen) atoms. The molecule has 0 aliphatic carbocycles. The number of carbonyl (C=O) groups excluding carboxylic acids is 1. The molecular weight excluding hydrogens is 340 g/mol. The van der Waals surface area contributed by atoms with Gasteiger partial charge in [0.25, 0.3) is 0 Å². The number of carbonyl (C=O) groups is 1. The third-order valence-electron chi connectivity index (χ3n) is 3.87. The van der Waals surface area contributed by atoms with E-state index in [9.17, 15) is 13.2 Å². The molecule has 0 aromatic heterocycles. The van der Waals surface area contributed by atoms with E-state index >= 15 is 0 Å². The van der Waals surface area contributed by atoms with Crippen molar-refractivity contribution in [2.24, 2.45) is 0 Å². The van der Waals surface area contributed by atoms with Crippen molar-refractivity contribution in [3.05, 3.63) is 53.1 Å². The number of aryl methyl sites for hydroxylation is 2. The molecule has 0 saturated heterocycles. The molecule has 132 valence electrons. The first-order valence-corrected chi connectivity index (χ1v) is 9.45. The molecule has 2 aromatic rings. The monoisotopic (exact) mass is 360 g/mol. The third-order valence-corrected chi connectivity index (χ3v) is 5.33. The van der Waals surface area contributed by atoms with Gasteiger partial charge in [0.15, 0.2) is 0 Å². The lowest BCUT2D eigenvalue weighted by Crippen LogP contribution is -2.28. The fourth-order valence-electron chi connectivity index (χ4n) is 2.82. The molecule has 2 aromatic carbocycles. The normalized spacial score (nSPS) is 13.4. The molecule has 0 spiro atoms. The number of nitrogens with one attached hydrogen (secondary N) is 2. The third kappa shape index (κ3) is 4.18. The predicted molar refractivity (Wildman–Crippen MR) is 95.4 cm³/mol. The molecular formula is C18H20N2O4S. The Morgan fingerprint density at radius 2 is 1.84 bits per heavy atom. The zero-order chi connectivity index (χ0) is 18.0. The lowest BCUT2D eigenvalue weighted by Gasteiger charge is -2.10. The van der Waals surface area contributed by atoms with Crippen LogP contribution in [-0.4, -0.2) is 27.5 Å². The second-order valence-corrected chi connectivity index (χ2v) is 7.88. The highest BCUT2D eigenvalue weighted by atomic mass is 32.2. The fraction of sp³-hybridized carbons (Fsp3) is 0.278. The van der Waals surface area contributed by atoms with Crippen LogP contribution in [0.15, 0.2) is 41.3 Å². The van der Waals surface area contributed by atoms with Crippen LogP contribution < -0.4 is 14.8 Å². The van der Waals surface area contributed by atoms with Gasteiger partial charge >= 0.3 is 0 Å². The van der Waals surface area contributed by atoms with E-state index < -0.39 is 10.0 Å². The maximum Gasteiger partial charge on any atom is 0.240 e. The summed E-state index contributed by atoms with van der Waals surface area (Å²) in [5.41, 5.74) is 3.55. The van der Waals surface area contributed by atoms with Gasteiger partial charge in [-0.05, 0) is 60.9 Å². The van der Waals surface area contributed by atoms with Crippen LogP contribution in [0.4, 0.5) is 5.69 Å². The van der Waals surface area contributed by atoms with Gasteiger partial charge in [-0.25, -0.2) is 13.1 Å². The van der Waals surface area contributed by atoms with Crippen LogP contribution in [0.3, 0.4) is 0 Å². The minimum atomic E-state index is -3.64. The summed E-state index contributed by atoms with van der Waals surface area (Å²) in [6.07, 6.45) is 0.203. The predicted octanol–water partition coefficient (Wildman–Crippen LogP) is 2.16. The van der Waals surface area contributed by atoms with Crippen LogP contribution in [0.25, 0.3) is 0 Å². The summed E-state index contributed by atoms with van der Waals surface area (Å²) in [6.45, 7) is 4.35. The van der Waals surface area contributed by atoms with Crippen molar-refractivity contribution in [3.63, 3.8) is 0 Å². The van der Waals surface area contributed by atoms with Crippen molar-refractivity contribution >= 4 is 21.6 Å². The molecule has 0 radical (unpaired) electrons. The summed E-state index contributed by atoms with van der Waals surface area (Å²) in [5, 5.41) is 2.68. The number of rotatable bonds is 6. The Labute approximate surface area is 147 Å². The molecule has 1 amide bonds. The maximum absolute atomic E-state index is 12.4. The lowest BCUT2D eigenvalue weighted by molar-refractivity contribution is -0.115. The smallest absolute Gasteiger partial charge is 0.240 e. The Kier molecular flexibility index (Phi) is 4.78. The molecule has 0 bridgehead atoms. The van der Waals surface area contributed by atoms with Gasteiger partial charge in [-0.2, -0.15) is 0 Å². The number of benzene rings is 2. The molecule has 7 heteroatoms. The Morgan fingerprint density at radius 1 is 1.12 bits per heavy atom. The van der Waals surface area contributed by atoms with Crippen LogP contribution in [0.2, 0.25) is 0 Å². The van der Waals surface area contributed by atoms with Gasteiger partial charge in [-0.15, -0.1) is 0 Å². The van der Waals surface area contributed by atoms with Crippen molar-refractivity contribution in [1.82, 2.24) is 4.72 Å². The van der Waals surface area contributed by atoms with Crippen LogP contribution in [0.5, 0.6) is 5.75 Å². The highest BCUT2D eigenvalue weighted by molar-refractivity contribution is 7.89. The first kappa shape index (κ1) is 17.4. The zero-order valence-corrected chi connectivity index (χ0v) is 14.9. The molecule has 1 aliphatic rings. The molecule has 0 fully saturated rings. The van der Waals surface area contributed by atoms with Gasteiger partial charge in [0, 0.05) is 12.2 Å². The molecule has 3 rings (SSSR count). The van der Waals surface area contributed by atoms with E-state index in [2.05, 4.69) is 10.0 Å². The summed E-state index contributed by atoms with van der Waals surface area (Å²) < 4.78 is 32.8. The van der Waals surface area contributed by atoms with E-state index in [-0.39, 0.29) is 30.4 Å². The van der Waals surface area contributed by atoms with Crippen LogP contribution in [0.1, 0.15) is 16.7 Å². The van der Waals surface area contributed by atoms with Gasteiger partial charge < -0.3 is 10.1 Å². The Bertz CT molecular complexity index is 902. The molecule has 1 heterocycles. The second kappa shape index (κ2) is 6.85. The summed E-state index contributed by atoms with van der Waals surface area (Å²) >= 11 is 0. The quantitative estimate of drug-likeness (QED) is 0.773. The summed E-state index contributed by atoms with van der Waals surface area (Å²) in [5.74, 6) is 0.596. The highest BCUT2D eigenvalue weighted by Crippen LogP contribution is 2.25. The molecule has 2 N–H and O–H groups in total. The SMILES string of the molecule is Cc1cc(C)cc(OCCNS(=O)(=O)c2ccc3c(c2)CC(=O)N3)c1. The number of anilines is 1. The molecule has 0 atom stereocenters. The van der Waals surface area contributed by atoms with Crippen molar-refractivity contribution < 1.29 is 17.9 Å². The van der Waals surface area contributed by atoms with Crippen molar-refractivity contribution in [2.75, 3.05) is 18.5 Å². The van der Waals surface area contributed by atoms with E-state index in [0.29, 0.717) is 11.3 Å². The van der Waals surface area contributed by atoms with Gasteiger partial charge in [0.1, 0.15) is 12.4 Å². The Balaban J connectivity index is 1.59. The number of hydrogen-bond acceptors (Lipinski definition) is 4. The molecule has 1 aliphatic heterocycles. The Hall–Kier alpha value is -2.38. The summed E-state index contributed by atoms with van der Waals surface area (Å²) in [6, 6.07) is 10.5. The first-order valence-electron chi connectivity index (χ1n) is 7.97. The Morgan fingerprint density at radius 3 is 2.56 bits per heavy atom. The average molecular weight is 360 g/mol. The number of amides is 1. The highest BCUT2D eigenvalue weighted by Gasteiger charge is 2.21. The van der Waals surface area contributed by atoms with Crippen LogP contribution in [-0.2, 0) is 21.2 Å². The van der Waals surface area contributed by atoms with E-state index in [1.165, 1.54) is 12.1 Å². The summed E-state index contributed by atoms with van der Waals surface area (Å²) in [7, 11) is -3.64. The van der Waals surface area contributed by atoms with Gasteiger partial charge in [0.05, 0.1) is 11.3 Å². The van der Waals surface area contributed by atoms with E-state index in [1.54, 1.807) is 6.07 Å². The minimum absolute atomic E-state index is 0.126. The van der Waals surface area contributed by atoms with Crippen molar-refractivity contribution in [3.8, 4) is 5.75 Å². The molecule has 0 unspecified atom stereocenters. The maximum atomic E-state index is 12.4. The number of sulfonamides is 1. The second-order valence-electron chi connectivity index (χ2n) is 6.11. The number of hydrogen-bond donors (Lipinski definition) is 2. The largest absolute Gasteiger partial charge is 0.492 e. The van der Waals surface area contributed by atoms with Crippen LogP contribution >= 0.6 is 0 Å². The average Bonchev–Trinajstić information content (AvgIpc) is 2.90. The topological polar surface area (TPSA) is 84.5 Å². The van der Waals surface area contributed by atoms with Crippen molar-refractivity contribution in [2.45, 2.75) is 25.2 Å². The lowest BCUT2D eigenvalue weighted by atomic mass is 10.1. The summed E-state index contributed by atoms with van der Waals surface area (Å²) in [4.78, 5) is 11.5. The number of ether oxygens (including phenoxy) is 1. The van der Waals surface area contributed by atoms with Gasteiger partial charge in [-0.1, -0.05) is 6.07 Å².